The molecule has 2 unspecified atom stereocenters. The number of ether oxygens (including phenoxy) is 1. The van der Waals surface area contributed by atoms with E-state index < -0.39 is 0 Å². The maximum absolute atomic E-state index is 9.45. The smallest absolute Gasteiger partial charge is 0.122 e. The molecule has 0 fully saturated rings. The molecule has 0 spiro atoms. The van der Waals surface area contributed by atoms with Crippen LogP contribution in [0.25, 0.3) is 0 Å². The van der Waals surface area contributed by atoms with Crippen LogP contribution in [0.3, 0.4) is 0 Å². The van der Waals surface area contributed by atoms with E-state index in [1.807, 2.05) is 18.2 Å². The molecule has 0 radical (unpaired) electrons. The van der Waals surface area contributed by atoms with Gasteiger partial charge in [0.15, 0.2) is 0 Å². The highest BCUT2D eigenvalue weighted by molar-refractivity contribution is 5.44. The largest absolute Gasteiger partial charge is 0.496 e. The Morgan fingerprint density at radius 1 is 1.31 bits per heavy atom. The average molecular weight is 222 g/mol. The van der Waals surface area contributed by atoms with Crippen LogP contribution in [0.15, 0.2) is 18.2 Å². The topological polar surface area (TPSA) is 49.7 Å². The summed E-state index contributed by atoms with van der Waals surface area (Å²) >= 11 is 0. The van der Waals surface area contributed by atoms with Gasteiger partial charge in [-0.15, -0.1) is 0 Å². The van der Waals surface area contributed by atoms with Crippen molar-refractivity contribution in [3.8, 4) is 5.75 Å². The van der Waals surface area contributed by atoms with Crippen molar-refractivity contribution in [3.63, 3.8) is 0 Å². The fraction of sp³-hybridized carbons (Fsp3) is 0.538. The first-order valence-corrected chi connectivity index (χ1v) is 5.69. The number of hydrogen-bond acceptors (Lipinski definition) is 3. The van der Waals surface area contributed by atoms with E-state index in [9.17, 15) is 10.2 Å². The van der Waals surface area contributed by atoms with Gasteiger partial charge in [0, 0.05) is 12.5 Å². The lowest BCUT2D eigenvalue weighted by molar-refractivity contribution is 0.145. The highest BCUT2D eigenvalue weighted by Crippen LogP contribution is 2.39. The molecule has 1 aliphatic carbocycles. The third-order valence-electron chi connectivity index (χ3n) is 3.55. The molecule has 1 aliphatic rings. The highest BCUT2D eigenvalue weighted by Gasteiger charge is 2.29. The summed E-state index contributed by atoms with van der Waals surface area (Å²) in [6.45, 7) is 0.229. The van der Waals surface area contributed by atoms with Gasteiger partial charge in [0.2, 0.25) is 0 Å². The van der Waals surface area contributed by atoms with Crippen LogP contribution < -0.4 is 4.74 Å². The van der Waals surface area contributed by atoms with E-state index in [4.69, 9.17) is 4.74 Å². The first-order valence-electron chi connectivity index (χ1n) is 5.69. The van der Waals surface area contributed by atoms with E-state index in [-0.39, 0.29) is 25.0 Å². The van der Waals surface area contributed by atoms with Crippen LogP contribution in [0.4, 0.5) is 0 Å². The maximum atomic E-state index is 9.45. The fourth-order valence-corrected chi connectivity index (χ4v) is 2.64. The van der Waals surface area contributed by atoms with E-state index in [1.165, 1.54) is 5.56 Å². The minimum atomic E-state index is 0.0452. The number of benzene rings is 1. The SMILES string of the molecule is COc1cccc2c1CCC(CO)C2CO. The van der Waals surface area contributed by atoms with Crippen molar-refractivity contribution in [1.82, 2.24) is 0 Å². The molecular weight excluding hydrogens is 204 g/mol. The Bertz CT molecular complexity index is 362. The number of rotatable bonds is 3. The van der Waals surface area contributed by atoms with Gasteiger partial charge in [-0.2, -0.15) is 0 Å². The second-order valence-electron chi connectivity index (χ2n) is 4.30. The van der Waals surface area contributed by atoms with Crippen molar-refractivity contribution < 1.29 is 14.9 Å². The van der Waals surface area contributed by atoms with Crippen LogP contribution in [-0.4, -0.2) is 30.5 Å². The van der Waals surface area contributed by atoms with Crippen molar-refractivity contribution in [3.05, 3.63) is 29.3 Å². The van der Waals surface area contributed by atoms with E-state index >= 15 is 0 Å². The number of methoxy groups -OCH3 is 1. The molecule has 0 aromatic heterocycles. The Labute approximate surface area is 95.7 Å². The molecule has 0 saturated carbocycles. The van der Waals surface area contributed by atoms with Crippen molar-refractivity contribution in [1.29, 1.82) is 0 Å². The van der Waals surface area contributed by atoms with E-state index in [2.05, 4.69) is 0 Å². The third-order valence-corrected chi connectivity index (χ3v) is 3.55. The summed E-state index contributed by atoms with van der Waals surface area (Å²) in [6, 6.07) is 5.92. The van der Waals surface area contributed by atoms with Gasteiger partial charge in [-0.05, 0) is 36.0 Å². The molecule has 88 valence electrons. The van der Waals surface area contributed by atoms with Gasteiger partial charge in [0.05, 0.1) is 13.7 Å². The van der Waals surface area contributed by atoms with Gasteiger partial charge in [-0.25, -0.2) is 0 Å². The second-order valence-corrected chi connectivity index (χ2v) is 4.30. The van der Waals surface area contributed by atoms with Gasteiger partial charge < -0.3 is 14.9 Å². The lowest BCUT2D eigenvalue weighted by Crippen LogP contribution is -2.26. The predicted octanol–water partition coefficient (Wildman–Crippen LogP) is 1.33. The zero-order valence-corrected chi connectivity index (χ0v) is 9.52. The van der Waals surface area contributed by atoms with E-state index in [0.717, 1.165) is 24.2 Å². The number of aliphatic hydroxyl groups excluding tert-OH is 2. The first kappa shape index (κ1) is 11.4. The minimum absolute atomic E-state index is 0.0452. The Hall–Kier alpha value is -1.06. The van der Waals surface area contributed by atoms with Crippen molar-refractivity contribution in [2.75, 3.05) is 20.3 Å². The van der Waals surface area contributed by atoms with Crippen molar-refractivity contribution in [2.24, 2.45) is 5.92 Å². The molecule has 1 aromatic rings. The van der Waals surface area contributed by atoms with Crippen molar-refractivity contribution in [2.45, 2.75) is 18.8 Å². The Morgan fingerprint density at radius 3 is 2.75 bits per heavy atom. The van der Waals surface area contributed by atoms with Crippen LogP contribution in [0, 0.1) is 5.92 Å². The average Bonchev–Trinajstić information content (AvgIpc) is 2.36. The van der Waals surface area contributed by atoms with Crippen LogP contribution in [-0.2, 0) is 6.42 Å². The molecule has 0 aliphatic heterocycles. The minimum Gasteiger partial charge on any atom is -0.496 e. The zero-order valence-electron chi connectivity index (χ0n) is 9.52. The van der Waals surface area contributed by atoms with E-state index in [1.54, 1.807) is 7.11 Å². The predicted molar refractivity (Wildman–Crippen MR) is 61.7 cm³/mol. The van der Waals surface area contributed by atoms with Crippen molar-refractivity contribution >= 4 is 0 Å². The maximum Gasteiger partial charge on any atom is 0.122 e. The normalized spacial score (nSPS) is 23.9. The third kappa shape index (κ3) is 1.81. The summed E-state index contributed by atoms with van der Waals surface area (Å²) in [5.74, 6) is 1.11. The molecular formula is C13H18O3. The zero-order chi connectivity index (χ0) is 11.5. The number of fused-ring (bicyclic) bond motifs is 1. The Morgan fingerprint density at radius 2 is 2.12 bits per heavy atom. The molecule has 16 heavy (non-hydrogen) atoms. The van der Waals surface area contributed by atoms with Gasteiger partial charge in [-0.1, -0.05) is 12.1 Å². The molecule has 0 saturated heterocycles. The van der Waals surface area contributed by atoms with E-state index in [0.29, 0.717) is 0 Å². The Balaban J connectivity index is 2.41. The molecule has 1 aromatic carbocycles. The standard InChI is InChI=1S/C13H18O3/c1-16-13-4-2-3-10-11(13)6-5-9(7-14)12(10)8-15/h2-4,9,12,14-15H,5-8H2,1H3. The fourth-order valence-electron chi connectivity index (χ4n) is 2.64. The Kier molecular flexibility index (Phi) is 3.46. The van der Waals surface area contributed by atoms with Gasteiger partial charge in [-0.3, -0.25) is 0 Å². The number of aliphatic hydroxyl groups is 2. The molecule has 0 heterocycles. The second kappa shape index (κ2) is 4.85. The first-order chi connectivity index (χ1) is 7.81. The lowest BCUT2D eigenvalue weighted by atomic mass is 9.75. The molecule has 3 nitrogen and oxygen atoms in total. The highest BCUT2D eigenvalue weighted by atomic mass is 16.5. The lowest BCUT2D eigenvalue weighted by Gasteiger charge is -2.32. The molecule has 2 rings (SSSR count). The monoisotopic (exact) mass is 222 g/mol. The van der Waals surface area contributed by atoms with Crippen LogP contribution >= 0.6 is 0 Å². The summed E-state index contributed by atoms with van der Waals surface area (Å²) in [7, 11) is 1.67. The molecule has 0 amide bonds. The summed E-state index contributed by atoms with van der Waals surface area (Å²) < 4.78 is 5.33. The molecule has 2 N–H and O–H groups in total. The van der Waals surface area contributed by atoms with Crippen LogP contribution in [0.5, 0.6) is 5.75 Å². The van der Waals surface area contributed by atoms with Gasteiger partial charge in [0.1, 0.15) is 5.75 Å². The summed E-state index contributed by atoms with van der Waals surface area (Å²) in [5.41, 5.74) is 2.32. The van der Waals surface area contributed by atoms with Gasteiger partial charge in [0.25, 0.3) is 0 Å². The molecule has 2 atom stereocenters. The quantitative estimate of drug-likeness (QED) is 0.811. The van der Waals surface area contributed by atoms with Crippen LogP contribution in [0.2, 0.25) is 0 Å². The summed E-state index contributed by atoms with van der Waals surface area (Å²) in [5, 5.41) is 18.8. The number of hydrogen-bond donors (Lipinski definition) is 2. The van der Waals surface area contributed by atoms with Gasteiger partial charge >= 0.3 is 0 Å². The van der Waals surface area contributed by atoms with Crippen LogP contribution in [0.1, 0.15) is 23.5 Å². The molecule has 0 bridgehead atoms. The molecule has 3 heteroatoms. The summed E-state index contributed by atoms with van der Waals surface area (Å²) in [6.07, 6.45) is 1.83. The summed E-state index contributed by atoms with van der Waals surface area (Å²) in [4.78, 5) is 0.